The van der Waals surface area contributed by atoms with E-state index >= 15 is 0 Å². The summed E-state index contributed by atoms with van der Waals surface area (Å²) < 4.78 is 15.7. The van der Waals surface area contributed by atoms with Crippen LogP contribution in [0.2, 0.25) is 0 Å². The summed E-state index contributed by atoms with van der Waals surface area (Å²) in [7, 11) is 3.41. The zero-order valence-corrected chi connectivity index (χ0v) is 12.4. The molecule has 0 bridgehead atoms. The Hall–Kier alpha value is -1.67. The molecule has 0 N–H and O–H groups in total. The van der Waals surface area contributed by atoms with Gasteiger partial charge in [-0.3, -0.25) is 4.90 Å². The molecule has 3 heterocycles. The van der Waals surface area contributed by atoms with Gasteiger partial charge >= 0.3 is 6.09 Å². The number of amides is 1. The molecular formula is C13H20N4O4. The van der Waals surface area contributed by atoms with Gasteiger partial charge in [0.1, 0.15) is 5.60 Å². The smallest absolute Gasteiger partial charge is 0.410 e. The van der Waals surface area contributed by atoms with Gasteiger partial charge in [-0.1, -0.05) is 5.16 Å². The van der Waals surface area contributed by atoms with Gasteiger partial charge in [-0.2, -0.15) is 4.98 Å². The van der Waals surface area contributed by atoms with Gasteiger partial charge in [0.2, 0.25) is 5.89 Å². The van der Waals surface area contributed by atoms with Crippen LogP contribution in [0, 0.1) is 0 Å². The highest BCUT2D eigenvalue weighted by Gasteiger charge is 2.48. The molecule has 8 heteroatoms. The van der Waals surface area contributed by atoms with Crippen LogP contribution >= 0.6 is 0 Å². The Morgan fingerprint density at radius 1 is 1.43 bits per heavy atom. The molecule has 0 radical (unpaired) electrons. The maximum absolute atomic E-state index is 11.5. The number of ether oxygens (including phenoxy) is 2. The van der Waals surface area contributed by atoms with Crippen molar-refractivity contribution in [3.63, 3.8) is 0 Å². The van der Waals surface area contributed by atoms with Gasteiger partial charge in [-0.15, -0.1) is 0 Å². The minimum Gasteiger partial charge on any atom is -0.439 e. The first-order valence-corrected chi connectivity index (χ1v) is 7.07. The number of hydrogen-bond donors (Lipinski definition) is 0. The highest BCUT2D eigenvalue weighted by Crippen LogP contribution is 2.32. The Labute approximate surface area is 123 Å². The molecule has 0 saturated carbocycles. The maximum Gasteiger partial charge on any atom is 0.410 e. The Kier molecular flexibility index (Phi) is 3.81. The van der Waals surface area contributed by atoms with Gasteiger partial charge in [-0.05, 0) is 0 Å². The van der Waals surface area contributed by atoms with Gasteiger partial charge in [0, 0.05) is 40.1 Å². The van der Waals surface area contributed by atoms with Gasteiger partial charge in [0.25, 0.3) is 0 Å². The number of carbonyl (C=O) groups excluding carboxylic acids is 1. The van der Waals surface area contributed by atoms with Crippen molar-refractivity contribution in [1.29, 1.82) is 0 Å². The van der Waals surface area contributed by atoms with E-state index in [1.54, 1.807) is 19.1 Å². The average Bonchev–Trinajstić information content (AvgIpc) is 3.11. The predicted molar refractivity (Wildman–Crippen MR) is 71.6 cm³/mol. The Morgan fingerprint density at radius 2 is 2.29 bits per heavy atom. The third-order valence-electron chi connectivity index (χ3n) is 3.94. The van der Waals surface area contributed by atoms with E-state index in [1.165, 1.54) is 0 Å². The molecule has 2 saturated heterocycles. The lowest BCUT2D eigenvalue weighted by molar-refractivity contribution is 0.0617. The highest BCUT2D eigenvalue weighted by molar-refractivity contribution is 5.70. The monoisotopic (exact) mass is 296 g/mol. The van der Waals surface area contributed by atoms with Gasteiger partial charge in [0.05, 0.1) is 19.7 Å². The van der Waals surface area contributed by atoms with E-state index in [4.69, 9.17) is 14.0 Å². The van der Waals surface area contributed by atoms with E-state index in [2.05, 4.69) is 15.0 Å². The fourth-order valence-corrected chi connectivity index (χ4v) is 2.91. The quantitative estimate of drug-likeness (QED) is 0.772. The number of nitrogens with zero attached hydrogens (tertiary/aromatic N) is 4. The number of likely N-dealkylation sites (N-methyl/N-ethyl adjacent to an activating group) is 1. The average molecular weight is 296 g/mol. The summed E-state index contributed by atoms with van der Waals surface area (Å²) in [5.41, 5.74) is -0.370. The topological polar surface area (TPSA) is 80.9 Å². The second kappa shape index (κ2) is 5.61. The molecule has 21 heavy (non-hydrogen) atoms. The van der Waals surface area contributed by atoms with Crippen LogP contribution in [0.5, 0.6) is 0 Å². The Balaban J connectivity index is 1.55. The van der Waals surface area contributed by atoms with Crippen LogP contribution < -0.4 is 0 Å². The van der Waals surface area contributed by atoms with Gasteiger partial charge in [-0.25, -0.2) is 4.79 Å². The molecule has 1 aromatic rings. The van der Waals surface area contributed by atoms with E-state index in [9.17, 15) is 4.79 Å². The Morgan fingerprint density at radius 3 is 3.00 bits per heavy atom. The first-order chi connectivity index (χ1) is 10.1. The molecule has 1 amide bonds. The van der Waals surface area contributed by atoms with Crippen LogP contribution in [-0.4, -0.2) is 72.0 Å². The summed E-state index contributed by atoms with van der Waals surface area (Å²) in [4.78, 5) is 19.7. The summed E-state index contributed by atoms with van der Waals surface area (Å²) in [6, 6.07) is 0. The molecule has 1 aromatic heterocycles. The normalized spacial score (nSPS) is 26.0. The fourth-order valence-electron chi connectivity index (χ4n) is 2.91. The molecule has 8 nitrogen and oxygen atoms in total. The van der Waals surface area contributed by atoms with E-state index < -0.39 is 0 Å². The second-order valence-electron chi connectivity index (χ2n) is 5.71. The van der Waals surface area contributed by atoms with Crippen molar-refractivity contribution in [3.8, 4) is 0 Å². The molecule has 2 aliphatic rings. The molecule has 116 valence electrons. The third-order valence-corrected chi connectivity index (χ3v) is 3.94. The number of rotatable bonds is 5. The summed E-state index contributed by atoms with van der Waals surface area (Å²) in [5, 5.41) is 3.92. The zero-order valence-electron chi connectivity index (χ0n) is 12.4. The van der Waals surface area contributed by atoms with Crippen LogP contribution in [0.25, 0.3) is 0 Å². The lowest BCUT2D eigenvalue weighted by atomic mass is 10.0. The molecule has 1 atom stereocenters. The van der Waals surface area contributed by atoms with Crippen LogP contribution in [0.4, 0.5) is 4.79 Å². The van der Waals surface area contributed by atoms with E-state index in [0.717, 1.165) is 13.0 Å². The molecular weight excluding hydrogens is 276 g/mol. The highest BCUT2D eigenvalue weighted by atomic mass is 16.6. The third kappa shape index (κ3) is 3.01. The molecule has 3 rings (SSSR count). The predicted octanol–water partition coefficient (Wildman–Crippen LogP) is 0.285. The summed E-state index contributed by atoms with van der Waals surface area (Å²) in [5.74, 6) is 1.25. The minimum absolute atomic E-state index is 0.239. The SMILES string of the molecule is COCCc1noc(CN2CC[C@@]3(C2)CN(C)C(=O)O3)n1. The molecule has 1 spiro atoms. The first-order valence-electron chi connectivity index (χ1n) is 7.07. The van der Waals surface area contributed by atoms with E-state index in [1.807, 2.05) is 0 Å². The van der Waals surface area contributed by atoms with E-state index in [0.29, 0.717) is 44.4 Å². The van der Waals surface area contributed by atoms with Crippen LogP contribution in [0.15, 0.2) is 4.52 Å². The number of aromatic nitrogens is 2. The van der Waals surface area contributed by atoms with Crippen molar-refractivity contribution in [2.24, 2.45) is 0 Å². The lowest BCUT2D eigenvalue weighted by Crippen LogP contribution is -2.37. The molecule has 0 unspecified atom stereocenters. The number of carbonyl (C=O) groups is 1. The van der Waals surface area contributed by atoms with Crippen molar-refractivity contribution >= 4 is 6.09 Å². The Bertz CT molecular complexity index is 520. The van der Waals surface area contributed by atoms with Gasteiger partial charge < -0.3 is 18.9 Å². The number of methoxy groups -OCH3 is 1. The van der Waals surface area contributed by atoms with E-state index in [-0.39, 0.29) is 11.7 Å². The van der Waals surface area contributed by atoms with Crippen molar-refractivity contribution in [3.05, 3.63) is 11.7 Å². The van der Waals surface area contributed by atoms with Crippen molar-refractivity contribution in [1.82, 2.24) is 19.9 Å². The molecule has 0 aromatic carbocycles. The van der Waals surface area contributed by atoms with Crippen molar-refractivity contribution < 1.29 is 18.8 Å². The summed E-state index contributed by atoms with van der Waals surface area (Å²) in [6.07, 6.45) is 1.25. The first kappa shape index (κ1) is 14.3. The van der Waals surface area contributed by atoms with Crippen molar-refractivity contribution in [2.45, 2.75) is 25.0 Å². The summed E-state index contributed by atoms with van der Waals surface area (Å²) >= 11 is 0. The zero-order chi connectivity index (χ0) is 14.9. The van der Waals surface area contributed by atoms with Crippen LogP contribution in [0.3, 0.4) is 0 Å². The largest absolute Gasteiger partial charge is 0.439 e. The lowest BCUT2D eigenvalue weighted by Gasteiger charge is -2.20. The molecule has 2 aliphatic heterocycles. The second-order valence-corrected chi connectivity index (χ2v) is 5.71. The molecule has 2 fully saturated rings. The maximum atomic E-state index is 11.5. The fraction of sp³-hybridized carbons (Fsp3) is 0.769. The van der Waals surface area contributed by atoms with Gasteiger partial charge in [0.15, 0.2) is 5.82 Å². The van der Waals surface area contributed by atoms with Crippen LogP contribution in [-0.2, 0) is 22.4 Å². The number of hydrogen-bond acceptors (Lipinski definition) is 7. The number of likely N-dealkylation sites (tertiary alicyclic amines) is 1. The standard InChI is InChI=1S/C13H20N4O4/c1-16-8-13(20-12(16)18)4-5-17(9-13)7-11-14-10(15-21-11)3-6-19-2/h3-9H2,1-2H3/t13-/m0/s1. The minimum atomic E-state index is -0.370. The van der Waals surface area contributed by atoms with Crippen LogP contribution in [0.1, 0.15) is 18.1 Å². The summed E-state index contributed by atoms with van der Waals surface area (Å²) in [6.45, 7) is 3.37. The molecule has 0 aliphatic carbocycles. The van der Waals surface area contributed by atoms with Crippen molar-refractivity contribution in [2.75, 3.05) is 40.4 Å².